The van der Waals surface area contributed by atoms with Crippen LogP contribution in [0.3, 0.4) is 0 Å². The summed E-state index contributed by atoms with van der Waals surface area (Å²) in [4.78, 5) is 0.559. The molecule has 1 aromatic rings. The van der Waals surface area contributed by atoms with Crippen molar-refractivity contribution in [2.24, 2.45) is 11.1 Å². The molecule has 0 aliphatic rings. The van der Waals surface area contributed by atoms with E-state index in [0.717, 1.165) is 6.42 Å². The highest BCUT2D eigenvalue weighted by molar-refractivity contribution is 7.80. The van der Waals surface area contributed by atoms with Crippen LogP contribution in [0.2, 0.25) is 0 Å². The Bertz CT molecular complexity index is 403. The van der Waals surface area contributed by atoms with Gasteiger partial charge in [0.05, 0.1) is 4.99 Å². The average molecular weight is 247 g/mol. The van der Waals surface area contributed by atoms with Crippen LogP contribution in [0.1, 0.15) is 37.3 Å². The van der Waals surface area contributed by atoms with Crippen LogP contribution in [0, 0.1) is 12.3 Å². The predicted octanol–water partition coefficient (Wildman–Crippen LogP) is 3.97. The lowest BCUT2D eigenvalue weighted by molar-refractivity contribution is 0.426. The van der Waals surface area contributed by atoms with Gasteiger partial charge in [-0.25, -0.2) is 0 Å². The molecule has 0 saturated carbocycles. The van der Waals surface area contributed by atoms with E-state index in [4.69, 9.17) is 18.0 Å². The lowest BCUT2D eigenvalue weighted by Gasteiger charge is -2.26. The van der Waals surface area contributed by atoms with Gasteiger partial charge in [0, 0.05) is 5.92 Å². The molecule has 1 nitrogen and oxygen atoms in total. The number of rotatable bonds is 5. The van der Waals surface area contributed by atoms with E-state index in [1.165, 1.54) is 11.1 Å². The highest BCUT2D eigenvalue weighted by atomic mass is 32.1. The molecule has 0 spiro atoms. The number of hydrogen-bond acceptors (Lipinski definition) is 1. The highest BCUT2D eigenvalue weighted by Crippen LogP contribution is 2.32. The van der Waals surface area contributed by atoms with E-state index in [0.29, 0.717) is 4.99 Å². The van der Waals surface area contributed by atoms with E-state index in [9.17, 15) is 0 Å². The van der Waals surface area contributed by atoms with Gasteiger partial charge in [-0.2, -0.15) is 0 Å². The molecule has 0 fully saturated rings. The normalized spacial score (nSPS) is 13.1. The molecule has 17 heavy (non-hydrogen) atoms. The molecule has 0 aliphatic heterocycles. The van der Waals surface area contributed by atoms with E-state index in [-0.39, 0.29) is 11.3 Å². The summed E-state index contributed by atoms with van der Waals surface area (Å²) in [7, 11) is 0. The molecule has 2 heteroatoms. The molecule has 2 N–H and O–H groups in total. The molecule has 1 atom stereocenters. The molecule has 0 heterocycles. The second kappa shape index (κ2) is 5.46. The zero-order valence-electron chi connectivity index (χ0n) is 10.9. The average Bonchev–Trinajstić information content (AvgIpc) is 2.27. The molecule has 92 valence electrons. The summed E-state index contributed by atoms with van der Waals surface area (Å²) in [6.07, 6.45) is 2.86. The van der Waals surface area contributed by atoms with Gasteiger partial charge in [0.15, 0.2) is 0 Å². The Morgan fingerprint density at radius 2 is 1.94 bits per heavy atom. The first-order valence-corrected chi connectivity index (χ1v) is 6.26. The molecule has 0 amide bonds. The molecule has 1 unspecified atom stereocenters. The lowest BCUT2D eigenvalue weighted by Crippen LogP contribution is -2.24. The van der Waals surface area contributed by atoms with Gasteiger partial charge in [-0.05, 0) is 24.3 Å². The van der Waals surface area contributed by atoms with Crippen molar-refractivity contribution >= 4 is 17.2 Å². The third kappa shape index (κ3) is 3.97. The maximum atomic E-state index is 5.87. The second-order valence-electron chi connectivity index (χ2n) is 5.26. The minimum absolute atomic E-state index is 0.0407. The topological polar surface area (TPSA) is 26.0 Å². The Balaban J connectivity index is 2.98. The fraction of sp³-hybridized carbons (Fsp3) is 0.400. The summed E-state index contributed by atoms with van der Waals surface area (Å²) in [6, 6.07) is 8.42. The minimum atomic E-state index is 0.0407. The Labute approximate surface area is 110 Å². The number of thiocarbonyl (C=S) groups is 1. The fourth-order valence-electron chi connectivity index (χ4n) is 1.79. The van der Waals surface area contributed by atoms with Gasteiger partial charge in [0.1, 0.15) is 0 Å². The Morgan fingerprint density at radius 1 is 1.41 bits per heavy atom. The molecular formula is C15H21NS. The first-order valence-electron chi connectivity index (χ1n) is 5.85. The summed E-state index contributed by atoms with van der Waals surface area (Å²) in [5.74, 6) is 0.124. The Morgan fingerprint density at radius 3 is 2.35 bits per heavy atom. The van der Waals surface area contributed by atoms with Gasteiger partial charge in [-0.15, -0.1) is 6.58 Å². The van der Waals surface area contributed by atoms with Crippen LogP contribution in [0.25, 0.3) is 0 Å². The summed E-state index contributed by atoms with van der Waals surface area (Å²) in [6.45, 7) is 10.2. The molecule has 0 aliphatic carbocycles. The van der Waals surface area contributed by atoms with Crippen LogP contribution in [0.4, 0.5) is 0 Å². The lowest BCUT2D eigenvalue weighted by atomic mass is 9.80. The van der Waals surface area contributed by atoms with E-state index >= 15 is 0 Å². The molecular weight excluding hydrogens is 226 g/mol. The van der Waals surface area contributed by atoms with Crippen molar-refractivity contribution in [3.05, 3.63) is 48.0 Å². The molecule has 0 bridgehead atoms. The third-order valence-electron chi connectivity index (χ3n) is 3.11. The minimum Gasteiger partial charge on any atom is -0.393 e. The summed E-state index contributed by atoms with van der Waals surface area (Å²) < 4.78 is 0. The monoisotopic (exact) mass is 247 g/mol. The van der Waals surface area contributed by atoms with Crippen molar-refractivity contribution in [1.82, 2.24) is 0 Å². The number of nitrogens with two attached hydrogens (primary N) is 1. The Hall–Kier alpha value is -1.15. The van der Waals surface area contributed by atoms with Crippen molar-refractivity contribution < 1.29 is 0 Å². The maximum Gasteiger partial charge on any atom is 0.0803 e. The van der Waals surface area contributed by atoms with Gasteiger partial charge in [-0.1, -0.05) is 62.0 Å². The van der Waals surface area contributed by atoms with Crippen molar-refractivity contribution in [1.29, 1.82) is 0 Å². The van der Waals surface area contributed by atoms with Gasteiger partial charge in [-0.3, -0.25) is 0 Å². The van der Waals surface area contributed by atoms with E-state index in [2.05, 4.69) is 51.6 Å². The maximum absolute atomic E-state index is 5.87. The van der Waals surface area contributed by atoms with Crippen LogP contribution >= 0.6 is 12.2 Å². The number of benzene rings is 1. The fourth-order valence-corrected chi connectivity index (χ4v) is 2.01. The number of allylic oxidation sites excluding steroid dienone is 1. The predicted molar refractivity (Wildman–Crippen MR) is 79.3 cm³/mol. The zero-order valence-corrected chi connectivity index (χ0v) is 11.7. The van der Waals surface area contributed by atoms with Crippen LogP contribution in [0.5, 0.6) is 0 Å². The Kier molecular flexibility index (Phi) is 4.47. The van der Waals surface area contributed by atoms with Crippen LogP contribution in [-0.2, 0) is 0 Å². The van der Waals surface area contributed by atoms with Crippen molar-refractivity contribution in [2.75, 3.05) is 0 Å². The van der Waals surface area contributed by atoms with Crippen molar-refractivity contribution in [3.8, 4) is 0 Å². The highest BCUT2D eigenvalue weighted by Gasteiger charge is 2.23. The number of aryl methyl sites for hydroxylation is 1. The molecule has 0 aromatic heterocycles. The summed E-state index contributed by atoms with van der Waals surface area (Å²) in [5.41, 5.74) is 8.35. The first-order chi connectivity index (χ1) is 7.85. The molecule has 1 aromatic carbocycles. The van der Waals surface area contributed by atoms with E-state index < -0.39 is 0 Å². The van der Waals surface area contributed by atoms with Crippen molar-refractivity contribution in [3.63, 3.8) is 0 Å². The van der Waals surface area contributed by atoms with Crippen LogP contribution < -0.4 is 5.73 Å². The first kappa shape index (κ1) is 13.9. The largest absolute Gasteiger partial charge is 0.393 e. The van der Waals surface area contributed by atoms with E-state index in [1.807, 2.05) is 6.08 Å². The van der Waals surface area contributed by atoms with Gasteiger partial charge >= 0.3 is 0 Å². The zero-order chi connectivity index (χ0) is 13.1. The van der Waals surface area contributed by atoms with Gasteiger partial charge < -0.3 is 5.73 Å². The SMILES string of the molecule is C=CC(C)(C)CC(C(N)=S)c1ccc(C)cc1. The number of hydrogen-bond donors (Lipinski definition) is 1. The van der Waals surface area contributed by atoms with Gasteiger partial charge in [0.25, 0.3) is 0 Å². The molecule has 0 radical (unpaired) electrons. The smallest absolute Gasteiger partial charge is 0.0803 e. The van der Waals surface area contributed by atoms with Gasteiger partial charge in [0.2, 0.25) is 0 Å². The summed E-state index contributed by atoms with van der Waals surface area (Å²) >= 11 is 5.19. The quantitative estimate of drug-likeness (QED) is 0.629. The standard InChI is InChI=1S/C15H21NS/c1-5-15(3,4)10-13(14(16)17)12-8-6-11(2)7-9-12/h5-9,13H,1,10H2,2-4H3,(H2,16,17). The van der Waals surface area contributed by atoms with E-state index in [1.54, 1.807) is 0 Å². The van der Waals surface area contributed by atoms with Crippen LogP contribution in [-0.4, -0.2) is 4.99 Å². The van der Waals surface area contributed by atoms with Crippen LogP contribution in [0.15, 0.2) is 36.9 Å². The second-order valence-corrected chi connectivity index (χ2v) is 5.73. The molecule has 0 saturated heterocycles. The molecule has 1 rings (SSSR count). The van der Waals surface area contributed by atoms with Crippen molar-refractivity contribution in [2.45, 2.75) is 33.1 Å². The third-order valence-corrected chi connectivity index (χ3v) is 3.39. The summed E-state index contributed by atoms with van der Waals surface area (Å²) in [5, 5.41) is 0.